The van der Waals surface area contributed by atoms with Gasteiger partial charge in [0.25, 0.3) is 0 Å². The van der Waals surface area contributed by atoms with E-state index < -0.39 is 20.0 Å². The molecule has 0 radical (unpaired) electrons. The standard InChI is InChI=1S/C9H11BrN2O4S2/c10-8-5-6(1-4-9(8)17(11,13)14)12-18(15,16)7-2-3-7/h1,4-5,7,12H,2-3H2,(H2,11,13,14). The number of hydrogen-bond acceptors (Lipinski definition) is 4. The Morgan fingerprint density at radius 2 is 1.83 bits per heavy atom. The van der Waals surface area contributed by atoms with Crippen LogP contribution < -0.4 is 9.86 Å². The van der Waals surface area contributed by atoms with Gasteiger partial charge in [-0.05, 0) is 47.0 Å². The molecule has 1 fully saturated rings. The molecule has 0 bridgehead atoms. The lowest BCUT2D eigenvalue weighted by molar-refractivity contribution is 0.597. The van der Waals surface area contributed by atoms with Crippen LogP contribution in [0.5, 0.6) is 0 Å². The van der Waals surface area contributed by atoms with E-state index in [1.807, 2.05) is 0 Å². The Labute approximate surface area is 114 Å². The predicted molar refractivity (Wildman–Crippen MR) is 71.1 cm³/mol. The summed E-state index contributed by atoms with van der Waals surface area (Å²) < 4.78 is 48.4. The lowest BCUT2D eigenvalue weighted by atomic mass is 10.3. The van der Waals surface area contributed by atoms with Gasteiger partial charge in [0, 0.05) is 10.2 Å². The van der Waals surface area contributed by atoms with Crippen molar-refractivity contribution in [1.82, 2.24) is 0 Å². The van der Waals surface area contributed by atoms with Crippen LogP contribution in [0.4, 0.5) is 5.69 Å². The normalized spacial score (nSPS) is 16.6. The Morgan fingerprint density at radius 3 is 2.28 bits per heavy atom. The molecule has 0 heterocycles. The third-order valence-electron chi connectivity index (χ3n) is 2.46. The van der Waals surface area contributed by atoms with Crippen LogP contribution in [0.2, 0.25) is 0 Å². The van der Waals surface area contributed by atoms with Gasteiger partial charge in [0.15, 0.2) is 0 Å². The molecule has 2 rings (SSSR count). The summed E-state index contributed by atoms with van der Waals surface area (Å²) in [5, 5.41) is 4.66. The van der Waals surface area contributed by atoms with Crippen LogP contribution in [0.3, 0.4) is 0 Å². The van der Waals surface area contributed by atoms with Gasteiger partial charge in [0.05, 0.1) is 10.1 Å². The van der Waals surface area contributed by atoms with E-state index in [9.17, 15) is 16.8 Å². The number of primary sulfonamides is 1. The summed E-state index contributed by atoms with van der Waals surface area (Å²) in [6.07, 6.45) is 1.32. The van der Waals surface area contributed by atoms with E-state index >= 15 is 0 Å². The first-order chi connectivity index (χ1) is 8.20. The molecule has 0 amide bonds. The van der Waals surface area contributed by atoms with E-state index in [1.165, 1.54) is 18.2 Å². The highest BCUT2D eigenvalue weighted by molar-refractivity contribution is 9.10. The van der Waals surface area contributed by atoms with E-state index in [2.05, 4.69) is 20.7 Å². The van der Waals surface area contributed by atoms with E-state index in [4.69, 9.17) is 5.14 Å². The zero-order valence-electron chi connectivity index (χ0n) is 9.13. The number of hydrogen-bond donors (Lipinski definition) is 2. The predicted octanol–water partition coefficient (Wildman–Crippen LogP) is 1.00. The zero-order valence-corrected chi connectivity index (χ0v) is 12.3. The molecule has 0 unspecified atom stereocenters. The van der Waals surface area contributed by atoms with Crippen molar-refractivity contribution < 1.29 is 16.8 Å². The molecule has 18 heavy (non-hydrogen) atoms. The van der Waals surface area contributed by atoms with Gasteiger partial charge in [0.1, 0.15) is 0 Å². The Hall–Kier alpha value is -0.640. The molecule has 0 aromatic heterocycles. The van der Waals surface area contributed by atoms with Gasteiger partial charge in [-0.1, -0.05) is 0 Å². The van der Waals surface area contributed by atoms with Gasteiger partial charge in [-0.25, -0.2) is 22.0 Å². The minimum Gasteiger partial charge on any atom is -0.283 e. The van der Waals surface area contributed by atoms with E-state index in [1.54, 1.807) is 0 Å². The molecule has 6 nitrogen and oxygen atoms in total. The molecule has 1 aliphatic rings. The summed E-state index contributed by atoms with van der Waals surface area (Å²) in [4.78, 5) is -0.0862. The largest absolute Gasteiger partial charge is 0.283 e. The van der Waals surface area contributed by atoms with Crippen LogP contribution in [0.25, 0.3) is 0 Å². The van der Waals surface area contributed by atoms with E-state index in [-0.39, 0.29) is 14.6 Å². The van der Waals surface area contributed by atoms with Crippen molar-refractivity contribution in [2.24, 2.45) is 5.14 Å². The van der Waals surface area contributed by atoms with Gasteiger partial charge in [-0.15, -0.1) is 0 Å². The number of nitrogens with two attached hydrogens (primary N) is 1. The summed E-state index contributed by atoms with van der Waals surface area (Å²) in [6, 6.07) is 3.99. The lowest BCUT2D eigenvalue weighted by Gasteiger charge is -2.08. The van der Waals surface area contributed by atoms with Gasteiger partial charge in [0.2, 0.25) is 20.0 Å². The van der Waals surface area contributed by atoms with Crippen molar-refractivity contribution >= 4 is 41.7 Å². The molecule has 9 heteroatoms. The molecule has 0 atom stereocenters. The Morgan fingerprint density at radius 1 is 1.22 bits per heavy atom. The van der Waals surface area contributed by atoms with Gasteiger partial charge in [-0.3, -0.25) is 4.72 Å². The van der Waals surface area contributed by atoms with Crippen LogP contribution in [0.15, 0.2) is 27.6 Å². The Balaban J connectivity index is 2.30. The fraction of sp³-hybridized carbons (Fsp3) is 0.333. The van der Waals surface area contributed by atoms with Crippen molar-refractivity contribution in [3.05, 3.63) is 22.7 Å². The summed E-state index contributed by atoms with van der Waals surface area (Å²) in [7, 11) is -7.18. The lowest BCUT2D eigenvalue weighted by Crippen LogP contribution is -2.18. The average Bonchev–Trinajstić information content (AvgIpc) is 2.97. The molecule has 0 saturated heterocycles. The first-order valence-corrected chi connectivity index (χ1v) is 8.93. The van der Waals surface area contributed by atoms with Crippen LogP contribution in [-0.2, 0) is 20.0 Å². The van der Waals surface area contributed by atoms with Crippen molar-refractivity contribution in [2.45, 2.75) is 23.0 Å². The summed E-state index contributed by atoms with van der Waals surface area (Å²) in [6.45, 7) is 0. The highest BCUT2D eigenvalue weighted by atomic mass is 79.9. The van der Waals surface area contributed by atoms with Gasteiger partial charge < -0.3 is 0 Å². The average molecular weight is 355 g/mol. The monoisotopic (exact) mass is 354 g/mol. The highest BCUT2D eigenvalue weighted by Crippen LogP contribution is 2.31. The fourth-order valence-corrected chi connectivity index (χ4v) is 4.44. The van der Waals surface area contributed by atoms with Crippen LogP contribution >= 0.6 is 15.9 Å². The molecule has 1 aromatic rings. The van der Waals surface area contributed by atoms with Crippen molar-refractivity contribution in [1.29, 1.82) is 0 Å². The summed E-state index contributed by atoms with van der Waals surface area (Å²) >= 11 is 3.05. The second-order valence-electron chi connectivity index (χ2n) is 4.04. The second kappa shape index (κ2) is 4.48. The maximum atomic E-state index is 11.7. The molecule has 3 N–H and O–H groups in total. The third-order valence-corrected chi connectivity index (χ3v) is 6.22. The van der Waals surface area contributed by atoms with Crippen molar-refractivity contribution in [3.8, 4) is 0 Å². The summed E-state index contributed by atoms with van der Waals surface area (Å²) in [5.41, 5.74) is 0.307. The first-order valence-electron chi connectivity index (χ1n) is 5.04. The molecule has 0 spiro atoms. The molecular weight excluding hydrogens is 344 g/mol. The minimum absolute atomic E-state index is 0.0862. The maximum Gasteiger partial charge on any atom is 0.239 e. The Kier molecular flexibility index (Phi) is 3.43. The SMILES string of the molecule is NS(=O)(=O)c1ccc(NS(=O)(=O)C2CC2)cc1Br. The van der Waals surface area contributed by atoms with Crippen LogP contribution in [-0.4, -0.2) is 22.1 Å². The summed E-state index contributed by atoms with van der Waals surface area (Å²) in [5.74, 6) is 0. The molecule has 0 aliphatic heterocycles. The van der Waals surface area contributed by atoms with E-state index in [0.717, 1.165) is 0 Å². The zero-order chi connectivity index (χ0) is 13.6. The molecular formula is C9H11BrN2O4S2. The maximum absolute atomic E-state index is 11.7. The fourth-order valence-electron chi connectivity index (χ4n) is 1.42. The molecule has 100 valence electrons. The molecule has 1 saturated carbocycles. The van der Waals surface area contributed by atoms with Crippen molar-refractivity contribution in [3.63, 3.8) is 0 Å². The number of benzene rings is 1. The molecule has 1 aliphatic carbocycles. The van der Waals surface area contributed by atoms with Gasteiger partial charge >= 0.3 is 0 Å². The van der Waals surface area contributed by atoms with Crippen molar-refractivity contribution in [2.75, 3.05) is 4.72 Å². The Bertz CT molecular complexity index is 681. The van der Waals surface area contributed by atoms with E-state index in [0.29, 0.717) is 18.5 Å². The number of sulfonamides is 2. The number of halogens is 1. The quantitative estimate of drug-likeness (QED) is 0.840. The van der Waals surface area contributed by atoms with Crippen LogP contribution in [0.1, 0.15) is 12.8 Å². The first kappa shape index (κ1) is 13.8. The minimum atomic E-state index is -3.82. The number of rotatable bonds is 4. The smallest absolute Gasteiger partial charge is 0.239 e. The van der Waals surface area contributed by atoms with Gasteiger partial charge in [-0.2, -0.15) is 0 Å². The third kappa shape index (κ3) is 3.02. The molecule has 1 aromatic carbocycles. The highest BCUT2D eigenvalue weighted by Gasteiger charge is 2.35. The van der Waals surface area contributed by atoms with Crippen LogP contribution in [0, 0.1) is 0 Å². The topological polar surface area (TPSA) is 106 Å². The number of anilines is 1. The number of nitrogens with one attached hydrogen (secondary N) is 1. The second-order valence-corrected chi connectivity index (χ2v) is 8.38.